The third-order valence-corrected chi connectivity index (χ3v) is 4.67. The van der Waals surface area contributed by atoms with Crippen molar-refractivity contribution in [1.82, 2.24) is 15.6 Å². The van der Waals surface area contributed by atoms with Crippen molar-refractivity contribution in [2.24, 2.45) is 4.99 Å². The first kappa shape index (κ1) is 19.4. The van der Waals surface area contributed by atoms with Crippen LogP contribution in [0.4, 0.5) is 0 Å². The molecule has 5 nitrogen and oxygen atoms in total. The third kappa shape index (κ3) is 6.84. The topological polar surface area (TPSA) is 58.5 Å². The van der Waals surface area contributed by atoms with Gasteiger partial charge in [0.05, 0.1) is 11.6 Å². The number of ether oxygens (including phenoxy) is 1. The molecule has 0 fully saturated rings. The van der Waals surface area contributed by atoms with Gasteiger partial charge in [-0.1, -0.05) is 31.2 Å². The predicted octanol–water partition coefficient (Wildman–Crippen LogP) is 3.29. The van der Waals surface area contributed by atoms with Crippen LogP contribution in [0.1, 0.15) is 34.4 Å². The highest BCUT2D eigenvalue weighted by Gasteiger charge is 2.04. The van der Waals surface area contributed by atoms with Crippen LogP contribution >= 0.6 is 11.3 Å². The van der Waals surface area contributed by atoms with Gasteiger partial charge in [0.2, 0.25) is 0 Å². The van der Waals surface area contributed by atoms with Gasteiger partial charge in [0.1, 0.15) is 0 Å². The van der Waals surface area contributed by atoms with Crippen LogP contribution in [0.2, 0.25) is 0 Å². The SMILES string of the molecule is CCCOCc1ccccc1CNC(=NC)NCCc1ncc(C)s1. The molecule has 0 aliphatic rings. The Kier molecular flexibility index (Phi) is 8.42. The van der Waals surface area contributed by atoms with Crippen LogP contribution in [0.3, 0.4) is 0 Å². The smallest absolute Gasteiger partial charge is 0.191 e. The molecule has 0 radical (unpaired) electrons. The molecule has 2 rings (SSSR count). The number of hydrogen-bond acceptors (Lipinski definition) is 4. The molecule has 0 spiro atoms. The molecule has 0 unspecified atom stereocenters. The molecule has 136 valence electrons. The molecule has 6 heteroatoms. The summed E-state index contributed by atoms with van der Waals surface area (Å²) < 4.78 is 5.68. The summed E-state index contributed by atoms with van der Waals surface area (Å²) in [7, 11) is 1.79. The lowest BCUT2D eigenvalue weighted by molar-refractivity contribution is 0.121. The van der Waals surface area contributed by atoms with Gasteiger partial charge in [0.25, 0.3) is 0 Å². The molecular weight excluding hydrogens is 332 g/mol. The normalized spacial score (nSPS) is 11.6. The molecule has 25 heavy (non-hydrogen) atoms. The Balaban J connectivity index is 1.80. The second kappa shape index (κ2) is 10.8. The number of nitrogens with zero attached hydrogens (tertiary/aromatic N) is 2. The van der Waals surface area contributed by atoms with E-state index in [1.165, 1.54) is 16.0 Å². The van der Waals surface area contributed by atoms with Gasteiger partial charge in [-0.3, -0.25) is 4.99 Å². The Labute approximate surface area is 154 Å². The Bertz CT molecular complexity index is 669. The van der Waals surface area contributed by atoms with Crippen LogP contribution in [-0.2, 0) is 24.3 Å². The Morgan fingerprint density at radius 1 is 1.24 bits per heavy atom. The summed E-state index contributed by atoms with van der Waals surface area (Å²) in [5, 5.41) is 7.87. The van der Waals surface area contributed by atoms with Crippen molar-refractivity contribution in [2.75, 3.05) is 20.2 Å². The molecule has 1 aromatic heterocycles. The minimum atomic E-state index is 0.654. The predicted molar refractivity (Wildman–Crippen MR) is 105 cm³/mol. The number of aliphatic imine (C=N–C) groups is 1. The standard InChI is InChI=1S/C19H28N4OS/c1-4-11-24-14-17-8-6-5-7-16(17)13-23-19(20-3)21-10-9-18-22-12-15(2)25-18/h5-8,12H,4,9-11,13-14H2,1-3H3,(H2,20,21,23). The van der Waals surface area contributed by atoms with E-state index in [2.05, 4.69) is 58.7 Å². The van der Waals surface area contributed by atoms with E-state index in [0.717, 1.165) is 43.5 Å². The summed E-state index contributed by atoms with van der Waals surface area (Å²) in [5.41, 5.74) is 2.45. The highest BCUT2D eigenvalue weighted by atomic mass is 32.1. The summed E-state index contributed by atoms with van der Waals surface area (Å²) in [5.74, 6) is 0.803. The number of aromatic nitrogens is 1. The zero-order chi connectivity index (χ0) is 17.9. The summed E-state index contributed by atoms with van der Waals surface area (Å²) >= 11 is 1.74. The number of hydrogen-bond donors (Lipinski definition) is 2. The molecular formula is C19H28N4OS. The molecule has 0 bridgehead atoms. The molecule has 1 aromatic carbocycles. The lowest BCUT2D eigenvalue weighted by Gasteiger charge is -2.14. The number of aryl methyl sites for hydroxylation is 1. The fraction of sp³-hybridized carbons (Fsp3) is 0.474. The maximum atomic E-state index is 5.68. The van der Waals surface area contributed by atoms with Crippen LogP contribution in [-0.4, -0.2) is 31.1 Å². The number of benzene rings is 1. The Morgan fingerprint density at radius 2 is 2.04 bits per heavy atom. The quantitative estimate of drug-likeness (QED) is 0.409. The Morgan fingerprint density at radius 3 is 2.72 bits per heavy atom. The summed E-state index contributed by atoms with van der Waals surface area (Å²) in [6.45, 7) is 7.19. The van der Waals surface area contributed by atoms with Gasteiger partial charge in [0.15, 0.2) is 5.96 Å². The minimum absolute atomic E-state index is 0.654. The summed E-state index contributed by atoms with van der Waals surface area (Å²) in [6, 6.07) is 8.36. The first-order chi connectivity index (χ1) is 12.2. The number of rotatable bonds is 9. The maximum absolute atomic E-state index is 5.68. The minimum Gasteiger partial charge on any atom is -0.377 e. The van der Waals surface area contributed by atoms with E-state index in [9.17, 15) is 0 Å². The van der Waals surface area contributed by atoms with Crippen molar-refractivity contribution in [3.63, 3.8) is 0 Å². The van der Waals surface area contributed by atoms with Crippen molar-refractivity contribution in [3.8, 4) is 0 Å². The summed E-state index contributed by atoms with van der Waals surface area (Å²) in [4.78, 5) is 9.92. The van der Waals surface area contributed by atoms with Gasteiger partial charge >= 0.3 is 0 Å². The van der Waals surface area contributed by atoms with E-state index in [0.29, 0.717) is 6.61 Å². The molecule has 0 atom stereocenters. The Hall–Kier alpha value is -1.92. The van der Waals surface area contributed by atoms with E-state index in [4.69, 9.17) is 4.74 Å². The van der Waals surface area contributed by atoms with Crippen molar-refractivity contribution in [3.05, 3.63) is 51.5 Å². The van der Waals surface area contributed by atoms with Crippen LogP contribution in [0, 0.1) is 6.92 Å². The van der Waals surface area contributed by atoms with Gasteiger partial charge in [-0.2, -0.15) is 0 Å². The van der Waals surface area contributed by atoms with Crippen molar-refractivity contribution < 1.29 is 4.74 Å². The molecule has 0 amide bonds. The van der Waals surface area contributed by atoms with Crippen LogP contribution in [0.5, 0.6) is 0 Å². The van der Waals surface area contributed by atoms with Gasteiger partial charge in [-0.15, -0.1) is 11.3 Å². The van der Waals surface area contributed by atoms with E-state index in [-0.39, 0.29) is 0 Å². The van der Waals surface area contributed by atoms with Gasteiger partial charge in [-0.05, 0) is 24.5 Å². The van der Waals surface area contributed by atoms with E-state index in [1.807, 2.05) is 6.20 Å². The average molecular weight is 361 g/mol. The fourth-order valence-corrected chi connectivity index (χ4v) is 3.19. The molecule has 2 N–H and O–H groups in total. The number of thiazole rings is 1. The first-order valence-corrected chi connectivity index (χ1v) is 9.55. The van der Waals surface area contributed by atoms with Crippen molar-refractivity contribution in [1.29, 1.82) is 0 Å². The average Bonchev–Trinajstić information content (AvgIpc) is 3.04. The second-order valence-electron chi connectivity index (χ2n) is 5.79. The molecule has 2 aromatic rings. The molecule has 1 heterocycles. The first-order valence-electron chi connectivity index (χ1n) is 8.73. The molecule has 0 aliphatic carbocycles. The van der Waals surface area contributed by atoms with E-state index >= 15 is 0 Å². The largest absolute Gasteiger partial charge is 0.377 e. The zero-order valence-electron chi connectivity index (χ0n) is 15.3. The monoisotopic (exact) mass is 360 g/mol. The maximum Gasteiger partial charge on any atom is 0.191 e. The van der Waals surface area contributed by atoms with Gasteiger partial charge in [-0.25, -0.2) is 4.98 Å². The molecule has 0 saturated carbocycles. The lowest BCUT2D eigenvalue weighted by atomic mass is 10.1. The second-order valence-corrected chi connectivity index (χ2v) is 7.11. The molecule has 0 saturated heterocycles. The number of guanidine groups is 1. The van der Waals surface area contributed by atoms with E-state index < -0.39 is 0 Å². The number of nitrogens with one attached hydrogen (secondary N) is 2. The van der Waals surface area contributed by atoms with Crippen LogP contribution < -0.4 is 10.6 Å². The lowest BCUT2D eigenvalue weighted by Crippen LogP contribution is -2.38. The highest BCUT2D eigenvalue weighted by Crippen LogP contribution is 2.11. The van der Waals surface area contributed by atoms with Gasteiger partial charge in [0, 0.05) is 44.2 Å². The fourth-order valence-electron chi connectivity index (χ4n) is 2.40. The third-order valence-electron chi connectivity index (χ3n) is 3.69. The summed E-state index contributed by atoms with van der Waals surface area (Å²) in [6.07, 6.45) is 3.86. The zero-order valence-corrected chi connectivity index (χ0v) is 16.2. The van der Waals surface area contributed by atoms with Crippen LogP contribution in [0.15, 0.2) is 35.5 Å². The van der Waals surface area contributed by atoms with E-state index in [1.54, 1.807) is 18.4 Å². The van der Waals surface area contributed by atoms with Crippen LogP contribution in [0.25, 0.3) is 0 Å². The van der Waals surface area contributed by atoms with Gasteiger partial charge < -0.3 is 15.4 Å². The van der Waals surface area contributed by atoms with Crippen molar-refractivity contribution >= 4 is 17.3 Å². The molecule has 0 aliphatic heterocycles. The highest BCUT2D eigenvalue weighted by molar-refractivity contribution is 7.11. The van der Waals surface area contributed by atoms with Crippen molar-refractivity contribution in [2.45, 2.75) is 39.8 Å².